The third kappa shape index (κ3) is 8.25. The predicted octanol–water partition coefficient (Wildman–Crippen LogP) is 5.18. The summed E-state index contributed by atoms with van der Waals surface area (Å²) in [5.41, 5.74) is 6.30. The number of carboxylic acid groups (broad SMARTS) is 1. The monoisotopic (exact) mass is 618 g/mol. The minimum atomic E-state index is -0.993. The Balaban J connectivity index is 1.69. The molecule has 2 aromatic carbocycles. The molecule has 0 aliphatic heterocycles. The summed E-state index contributed by atoms with van der Waals surface area (Å²) in [6.07, 6.45) is 3.58. The second kappa shape index (κ2) is 15.6. The molecule has 1 saturated carbocycles. The van der Waals surface area contributed by atoms with Gasteiger partial charge in [-0.15, -0.1) is 0 Å². The largest absolute Gasteiger partial charge is 0.491 e. The van der Waals surface area contributed by atoms with Gasteiger partial charge in [-0.1, -0.05) is 26.0 Å². The number of pyridine rings is 1. The maximum absolute atomic E-state index is 13.9. The number of nitrogens with one attached hydrogen (secondary N) is 3. The van der Waals surface area contributed by atoms with Gasteiger partial charge in [0.15, 0.2) is 0 Å². The number of aromatic nitrogens is 1. The number of nitrogens with zero attached hydrogens (tertiary/aromatic N) is 1. The Hall–Kier alpha value is -4.31. The molecule has 0 bridgehead atoms. The third-order valence-electron chi connectivity index (χ3n) is 8.76. The molecule has 0 spiro atoms. The summed E-state index contributed by atoms with van der Waals surface area (Å²) < 4.78 is 5.54. The number of rotatable bonds is 13. The lowest BCUT2D eigenvalue weighted by Gasteiger charge is -2.39. The van der Waals surface area contributed by atoms with E-state index in [1.54, 1.807) is 0 Å². The van der Waals surface area contributed by atoms with Gasteiger partial charge in [0.1, 0.15) is 12.4 Å². The lowest BCUT2D eigenvalue weighted by molar-refractivity contribution is 0.0950. The molecule has 1 heterocycles. The van der Waals surface area contributed by atoms with Crippen LogP contribution in [0.15, 0.2) is 47.3 Å². The Morgan fingerprint density at radius 3 is 2.31 bits per heavy atom. The molecule has 0 atom stereocenters. The molecule has 0 unspecified atom stereocenters. The molecule has 3 aromatic rings. The maximum Gasteiger partial charge on any atom is 0.404 e. The van der Waals surface area contributed by atoms with Crippen molar-refractivity contribution < 1.29 is 24.5 Å². The molecule has 1 fully saturated rings. The summed E-state index contributed by atoms with van der Waals surface area (Å²) in [6.45, 7) is 9.03. The third-order valence-corrected chi connectivity index (χ3v) is 8.76. The summed E-state index contributed by atoms with van der Waals surface area (Å²) in [5, 5.41) is 23.9. The Labute approximate surface area is 264 Å². The van der Waals surface area contributed by atoms with E-state index in [1.165, 1.54) is 0 Å². The first-order chi connectivity index (χ1) is 21.7. The number of H-pyrrole nitrogens is 1. The normalized spacial score (nSPS) is 16.2. The SMILES string of the molecule is CCc1cc(CC)c(CNC(=O)c2cc(-c3ccc(OCCO)cc3)cc(N(CC)C3CCC(NC(=O)O)CC3)c2C)c(=O)[nH]1. The lowest BCUT2D eigenvalue weighted by atomic mass is 9.88. The fraction of sp³-hybridized carbons (Fsp3) is 0.457. The predicted molar refractivity (Wildman–Crippen MR) is 176 cm³/mol. The van der Waals surface area contributed by atoms with Crippen molar-refractivity contribution in [1.82, 2.24) is 15.6 Å². The Morgan fingerprint density at radius 2 is 1.71 bits per heavy atom. The van der Waals surface area contributed by atoms with Gasteiger partial charge in [-0.05, 0) is 105 Å². The molecular weight excluding hydrogens is 572 g/mol. The van der Waals surface area contributed by atoms with Crippen LogP contribution >= 0.6 is 0 Å². The number of aryl methyl sites for hydroxylation is 2. The van der Waals surface area contributed by atoms with E-state index < -0.39 is 6.09 Å². The van der Waals surface area contributed by atoms with Gasteiger partial charge < -0.3 is 35.5 Å². The van der Waals surface area contributed by atoms with Crippen LogP contribution in [0.3, 0.4) is 0 Å². The Bertz CT molecular complexity index is 1530. The van der Waals surface area contributed by atoms with Gasteiger partial charge in [0, 0.05) is 47.7 Å². The molecule has 2 amide bonds. The summed E-state index contributed by atoms with van der Waals surface area (Å²) in [7, 11) is 0. The number of anilines is 1. The highest BCUT2D eigenvalue weighted by Gasteiger charge is 2.28. The number of aromatic amines is 1. The number of amides is 2. The van der Waals surface area contributed by atoms with Gasteiger partial charge in [0.25, 0.3) is 11.5 Å². The van der Waals surface area contributed by atoms with Crippen LogP contribution in [-0.2, 0) is 19.4 Å². The molecule has 1 aromatic heterocycles. The zero-order valence-corrected chi connectivity index (χ0v) is 26.7. The first-order valence-corrected chi connectivity index (χ1v) is 16.0. The van der Waals surface area contributed by atoms with E-state index in [-0.39, 0.29) is 43.3 Å². The van der Waals surface area contributed by atoms with Crippen molar-refractivity contribution in [2.75, 3.05) is 24.7 Å². The van der Waals surface area contributed by atoms with E-state index in [4.69, 9.17) is 14.9 Å². The lowest BCUT2D eigenvalue weighted by Crippen LogP contribution is -2.44. The van der Waals surface area contributed by atoms with Crippen LogP contribution in [0.5, 0.6) is 5.75 Å². The van der Waals surface area contributed by atoms with Crippen molar-refractivity contribution >= 4 is 17.7 Å². The molecule has 4 rings (SSSR count). The smallest absolute Gasteiger partial charge is 0.404 e. The highest BCUT2D eigenvalue weighted by molar-refractivity contribution is 5.99. The average Bonchev–Trinajstić information content (AvgIpc) is 3.04. The zero-order chi connectivity index (χ0) is 32.5. The van der Waals surface area contributed by atoms with Gasteiger partial charge in [-0.2, -0.15) is 0 Å². The fourth-order valence-electron chi connectivity index (χ4n) is 6.30. The molecule has 5 N–H and O–H groups in total. The second-order valence-corrected chi connectivity index (χ2v) is 11.5. The van der Waals surface area contributed by atoms with Crippen molar-refractivity contribution in [3.8, 4) is 16.9 Å². The van der Waals surface area contributed by atoms with Crippen molar-refractivity contribution in [3.63, 3.8) is 0 Å². The van der Waals surface area contributed by atoms with Crippen LogP contribution in [0.4, 0.5) is 10.5 Å². The number of aliphatic hydroxyl groups is 1. The summed E-state index contributed by atoms with van der Waals surface area (Å²) >= 11 is 0. The maximum atomic E-state index is 13.9. The number of carbonyl (C=O) groups is 2. The van der Waals surface area contributed by atoms with Crippen LogP contribution < -0.4 is 25.8 Å². The topological polar surface area (TPSA) is 144 Å². The summed E-state index contributed by atoms with van der Waals surface area (Å²) in [4.78, 5) is 43.2. The minimum Gasteiger partial charge on any atom is -0.491 e. The van der Waals surface area contributed by atoms with Gasteiger partial charge in [-0.25, -0.2) is 4.79 Å². The van der Waals surface area contributed by atoms with Gasteiger partial charge in [-0.3, -0.25) is 9.59 Å². The number of hydrogen-bond donors (Lipinski definition) is 5. The van der Waals surface area contributed by atoms with Gasteiger partial charge in [0.05, 0.1) is 6.61 Å². The number of ether oxygens (including phenoxy) is 1. The van der Waals surface area contributed by atoms with Gasteiger partial charge >= 0.3 is 6.09 Å². The molecule has 45 heavy (non-hydrogen) atoms. The van der Waals surface area contributed by atoms with Crippen molar-refractivity contribution in [2.24, 2.45) is 0 Å². The second-order valence-electron chi connectivity index (χ2n) is 11.5. The van der Waals surface area contributed by atoms with Crippen molar-refractivity contribution in [2.45, 2.75) is 84.8 Å². The van der Waals surface area contributed by atoms with E-state index in [1.807, 2.05) is 57.2 Å². The average molecular weight is 619 g/mol. The van der Waals surface area contributed by atoms with E-state index >= 15 is 0 Å². The first kappa shape index (κ1) is 33.6. The molecule has 1 aliphatic carbocycles. The highest BCUT2D eigenvalue weighted by atomic mass is 16.5. The first-order valence-electron chi connectivity index (χ1n) is 16.0. The van der Waals surface area contributed by atoms with E-state index in [9.17, 15) is 14.4 Å². The molecule has 0 radical (unpaired) electrons. The molecule has 10 nitrogen and oxygen atoms in total. The van der Waals surface area contributed by atoms with Crippen LogP contribution in [-0.4, -0.2) is 59.0 Å². The van der Waals surface area contributed by atoms with Crippen LogP contribution in [0.25, 0.3) is 11.1 Å². The van der Waals surface area contributed by atoms with E-state index in [0.717, 1.165) is 72.3 Å². The minimum absolute atomic E-state index is 0.0552. The zero-order valence-electron chi connectivity index (χ0n) is 26.7. The number of benzene rings is 2. The Morgan fingerprint density at radius 1 is 1.00 bits per heavy atom. The molecule has 1 aliphatic rings. The summed E-state index contributed by atoms with van der Waals surface area (Å²) in [5.74, 6) is 0.385. The number of hydrogen-bond acceptors (Lipinski definition) is 6. The molecule has 10 heteroatoms. The van der Waals surface area contributed by atoms with Crippen LogP contribution in [0.1, 0.15) is 79.2 Å². The summed E-state index contributed by atoms with van der Waals surface area (Å²) in [6, 6.07) is 13.7. The molecule has 242 valence electrons. The molecule has 0 saturated heterocycles. The van der Waals surface area contributed by atoms with Crippen molar-refractivity contribution in [1.29, 1.82) is 0 Å². The van der Waals surface area contributed by atoms with Crippen LogP contribution in [0.2, 0.25) is 0 Å². The van der Waals surface area contributed by atoms with E-state index in [0.29, 0.717) is 23.3 Å². The fourth-order valence-corrected chi connectivity index (χ4v) is 6.30. The van der Waals surface area contributed by atoms with Gasteiger partial charge in [0.2, 0.25) is 0 Å². The number of carbonyl (C=O) groups excluding carboxylic acids is 1. The Kier molecular flexibility index (Phi) is 11.6. The van der Waals surface area contributed by atoms with E-state index in [2.05, 4.69) is 33.5 Å². The van der Waals surface area contributed by atoms with Crippen molar-refractivity contribution in [3.05, 3.63) is 80.8 Å². The molecular formula is C35H46N4O6. The number of aliphatic hydroxyl groups excluding tert-OH is 1. The standard InChI is InChI=1S/C35H46N4O6/c1-5-23-18-26(6-2)37-34(42)31(23)21-36-33(41)30-19-25(24-8-14-29(15-9-24)45-17-16-40)20-32(22(30)4)39(7-3)28-12-10-27(11-13-28)38-35(43)44/h8-9,14-15,18-20,27-28,38,40H,5-7,10-13,16-17,21H2,1-4H3,(H,36,41)(H,37,42)(H,43,44). The quantitative estimate of drug-likeness (QED) is 0.178. The highest BCUT2D eigenvalue weighted by Crippen LogP contribution is 2.35. The van der Waals surface area contributed by atoms with Crippen LogP contribution in [0, 0.1) is 6.92 Å².